The van der Waals surface area contributed by atoms with E-state index < -0.39 is 5.60 Å². The van der Waals surface area contributed by atoms with E-state index in [1.807, 2.05) is 26.8 Å². The fourth-order valence-corrected chi connectivity index (χ4v) is 2.42. The van der Waals surface area contributed by atoms with Gasteiger partial charge in [-0.2, -0.15) is 5.10 Å². The summed E-state index contributed by atoms with van der Waals surface area (Å²) in [5.41, 5.74) is 0.461. The average Bonchev–Trinajstić information content (AvgIpc) is 2.86. The van der Waals surface area contributed by atoms with Crippen LogP contribution >= 0.6 is 0 Å². The molecule has 1 aromatic heterocycles. The fraction of sp³-hybridized carbons (Fsp3) is 0.667. The molecule has 0 atom stereocenters. The number of hydrogen-bond donors (Lipinski definition) is 0. The first-order valence-electron chi connectivity index (χ1n) is 7.31. The smallest absolute Gasteiger partial charge is 0.410 e. The predicted octanol–water partition coefficient (Wildman–Crippen LogP) is 2.66. The van der Waals surface area contributed by atoms with Crippen molar-refractivity contribution >= 4 is 12.0 Å². The number of hydrogen-bond acceptors (Lipinski definition) is 4. The first-order valence-corrected chi connectivity index (χ1v) is 7.31. The number of carbonyl (C=O) groups is 2. The maximum absolute atomic E-state index is 12.0. The Morgan fingerprint density at radius 2 is 1.90 bits per heavy atom. The van der Waals surface area contributed by atoms with Crippen LogP contribution < -0.4 is 0 Å². The number of amides is 1. The van der Waals surface area contributed by atoms with Crippen LogP contribution in [0.5, 0.6) is 0 Å². The van der Waals surface area contributed by atoms with E-state index in [0.29, 0.717) is 19.0 Å². The van der Waals surface area contributed by atoms with Gasteiger partial charge in [0.25, 0.3) is 0 Å². The number of nitrogens with zero attached hydrogens (tertiary/aromatic N) is 3. The molecule has 0 spiro atoms. The highest BCUT2D eigenvalue weighted by Crippen LogP contribution is 2.27. The van der Waals surface area contributed by atoms with Gasteiger partial charge in [-0.25, -0.2) is 9.48 Å². The molecule has 1 amide bonds. The van der Waals surface area contributed by atoms with Gasteiger partial charge >= 0.3 is 6.09 Å². The summed E-state index contributed by atoms with van der Waals surface area (Å²) in [6.45, 7) is 8.41. The molecule has 2 rings (SSSR count). The average molecular weight is 293 g/mol. The van der Waals surface area contributed by atoms with E-state index in [1.165, 1.54) is 11.6 Å². The molecule has 0 aromatic carbocycles. The van der Waals surface area contributed by atoms with Gasteiger partial charge in [0.1, 0.15) is 5.60 Å². The molecule has 0 unspecified atom stereocenters. The summed E-state index contributed by atoms with van der Waals surface area (Å²) in [6, 6.07) is 1.88. The number of piperidine rings is 1. The van der Waals surface area contributed by atoms with E-state index >= 15 is 0 Å². The predicted molar refractivity (Wildman–Crippen MR) is 78.3 cm³/mol. The molecule has 0 radical (unpaired) electrons. The fourth-order valence-electron chi connectivity index (χ4n) is 2.42. The first-order chi connectivity index (χ1) is 9.76. The Bertz CT molecular complexity index is 523. The van der Waals surface area contributed by atoms with Crippen LogP contribution in [0.1, 0.15) is 56.9 Å². The molecule has 0 bridgehead atoms. The standard InChI is InChI=1S/C15H23N3O3/c1-11(19)18-10-7-13(16-18)12-5-8-17(9-6-12)14(20)21-15(2,3)4/h7,10,12H,5-6,8-9H2,1-4H3. The largest absolute Gasteiger partial charge is 0.444 e. The van der Waals surface area contributed by atoms with Crippen LogP contribution in [0.15, 0.2) is 12.3 Å². The van der Waals surface area contributed by atoms with Gasteiger partial charge in [-0.1, -0.05) is 0 Å². The lowest BCUT2D eigenvalue weighted by Crippen LogP contribution is -2.41. The number of likely N-dealkylation sites (tertiary alicyclic amines) is 1. The molecular weight excluding hydrogens is 270 g/mol. The van der Waals surface area contributed by atoms with Gasteiger partial charge in [-0.05, 0) is 39.7 Å². The lowest BCUT2D eigenvalue weighted by atomic mass is 9.94. The SMILES string of the molecule is CC(=O)n1ccc(C2CCN(C(=O)OC(C)(C)C)CC2)n1. The van der Waals surface area contributed by atoms with Gasteiger partial charge in [-0.3, -0.25) is 4.79 Å². The van der Waals surface area contributed by atoms with Gasteiger partial charge < -0.3 is 9.64 Å². The lowest BCUT2D eigenvalue weighted by molar-refractivity contribution is 0.0204. The van der Waals surface area contributed by atoms with E-state index in [1.54, 1.807) is 11.1 Å². The maximum atomic E-state index is 12.0. The zero-order valence-corrected chi connectivity index (χ0v) is 13.1. The maximum Gasteiger partial charge on any atom is 0.410 e. The van der Waals surface area contributed by atoms with Crippen LogP contribution in [0.3, 0.4) is 0 Å². The summed E-state index contributed by atoms with van der Waals surface area (Å²) >= 11 is 0. The van der Waals surface area contributed by atoms with Gasteiger partial charge in [0.05, 0.1) is 5.69 Å². The van der Waals surface area contributed by atoms with Crippen molar-refractivity contribution in [1.29, 1.82) is 0 Å². The highest BCUT2D eigenvalue weighted by atomic mass is 16.6. The van der Waals surface area contributed by atoms with Crippen molar-refractivity contribution in [3.05, 3.63) is 18.0 Å². The van der Waals surface area contributed by atoms with Crippen LogP contribution in [0.25, 0.3) is 0 Å². The van der Waals surface area contributed by atoms with Gasteiger partial charge in [0.2, 0.25) is 5.91 Å². The van der Waals surface area contributed by atoms with Crippen molar-refractivity contribution < 1.29 is 14.3 Å². The zero-order chi connectivity index (χ0) is 15.6. The van der Waals surface area contributed by atoms with Crippen molar-refractivity contribution in [2.75, 3.05) is 13.1 Å². The number of ether oxygens (including phenoxy) is 1. The first kappa shape index (κ1) is 15.5. The zero-order valence-electron chi connectivity index (χ0n) is 13.1. The molecule has 21 heavy (non-hydrogen) atoms. The minimum atomic E-state index is -0.464. The van der Waals surface area contributed by atoms with Crippen LogP contribution in [0.2, 0.25) is 0 Å². The number of rotatable bonds is 1. The molecule has 1 aliphatic rings. The van der Waals surface area contributed by atoms with E-state index in [-0.39, 0.29) is 12.0 Å². The molecule has 1 saturated heterocycles. The van der Waals surface area contributed by atoms with Crippen molar-refractivity contribution in [3.8, 4) is 0 Å². The molecule has 1 aliphatic heterocycles. The van der Waals surface area contributed by atoms with Crippen molar-refractivity contribution in [3.63, 3.8) is 0 Å². The quantitative estimate of drug-likeness (QED) is 0.798. The third-order valence-corrected chi connectivity index (χ3v) is 3.50. The Balaban J connectivity index is 1.90. The molecular formula is C15H23N3O3. The minimum absolute atomic E-state index is 0.0903. The Morgan fingerprint density at radius 1 is 1.29 bits per heavy atom. The van der Waals surface area contributed by atoms with Crippen molar-refractivity contribution in [1.82, 2.24) is 14.7 Å². The summed E-state index contributed by atoms with van der Waals surface area (Å²) in [6.07, 6.45) is 3.12. The van der Waals surface area contributed by atoms with Crippen LogP contribution in [0, 0.1) is 0 Å². The molecule has 0 saturated carbocycles. The molecule has 1 fully saturated rings. The third-order valence-electron chi connectivity index (χ3n) is 3.50. The van der Waals surface area contributed by atoms with E-state index in [0.717, 1.165) is 18.5 Å². The van der Waals surface area contributed by atoms with Crippen LogP contribution in [-0.2, 0) is 4.74 Å². The summed E-state index contributed by atoms with van der Waals surface area (Å²) in [4.78, 5) is 25.0. The van der Waals surface area contributed by atoms with Gasteiger partial charge in [0, 0.05) is 32.1 Å². The number of carbonyl (C=O) groups excluding carboxylic acids is 2. The Morgan fingerprint density at radius 3 is 2.38 bits per heavy atom. The summed E-state index contributed by atoms with van der Waals surface area (Å²) in [7, 11) is 0. The lowest BCUT2D eigenvalue weighted by Gasteiger charge is -2.32. The normalized spacial score (nSPS) is 16.9. The monoisotopic (exact) mass is 293 g/mol. The van der Waals surface area contributed by atoms with Crippen LogP contribution in [-0.4, -0.2) is 45.4 Å². The van der Waals surface area contributed by atoms with E-state index in [9.17, 15) is 9.59 Å². The molecule has 2 heterocycles. The van der Waals surface area contributed by atoms with E-state index in [4.69, 9.17) is 4.74 Å². The summed E-state index contributed by atoms with van der Waals surface area (Å²) < 4.78 is 6.73. The molecule has 116 valence electrons. The third kappa shape index (κ3) is 4.06. The second-order valence-corrected chi connectivity index (χ2v) is 6.45. The highest BCUT2D eigenvalue weighted by molar-refractivity contribution is 5.74. The van der Waals surface area contributed by atoms with Gasteiger partial charge in [0.15, 0.2) is 0 Å². The van der Waals surface area contributed by atoms with Crippen molar-refractivity contribution in [2.45, 2.75) is 52.1 Å². The Hall–Kier alpha value is -1.85. The molecule has 1 aromatic rings. The van der Waals surface area contributed by atoms with Crippen LogP contribution in [0.4, 0.5) is 4.79 Å². The number of aromatic nitrogens is 2. The Kier molecular flexibility index (Phi) is 4.34. The van der Waals surface area contributed by atoms with E-state index in [2.05, 4.69) is 5.10 Å². The summed E-state index contributed by atoms with van der Waals surface area (Å²) in [5, 5.41) is 4.30. The second kappa shape index (κ2) is 5.87. The highest BCUT2D eigenvalue weighted by Gasteiger charge is 2.28. The summed E-state index contributed by atoms with van der Waals surface area (Å²) in [5.74, 6) is 0.205. The minimum Gasteiger partial charge on any atom is -0.444 e. The van der Waals surface area contributed by atoms with Crippen molar-refractivity contribution in [2.24, 2.45) is 0 Å². The second-order valence-electron chi connectivity index (χ2n) is 6.45. The molecule has 6 nitrogen and oxygen atoms in total. The Labute approximate surface area is 125 Å². The molecule has 0 aliphatic carbocycles. The molecule has 0 N–H and O–H groups in total. The van der Waals surface area contributed by atoms with Gasteiger partial charge in [-0.15, -0.1) is 0 Å². The molecule has 6 heteroatoms. The topological polar surface area (TPSA) is 64.4 Å².